The van der Waals surface area contributed by atoms with Crippen LogP contribution in [0.4, 0.5) is 0 Å². The molecule has 2 nitrogen and oxygen atoms in total. The van der Waals surface area contributed by atoms with E-state index >= 15 is 0 Å². The van der Waals surface area contributed by atoms with Gasteiger partial charge in [0.25, 0.3) is 0 Å². The van der Waals surface area contributed by atoms with Crippen LogP contribution >= 0.6 is 11.3 Å². The Bertz CT molecular complexity index is 3710. The molecular formula is C64H42N2S. The van der Waals surface area contributed by atoms with E-state index in [9.17, 15) is 0 Å². The molecule has 0 radical (unpaired) electrons. The van der Waals surface area contributed by atoms with Crippen molar-refractivity contribution in [3.63, 3.8) is 0 Å². The van der Waals surface area contributed by atoms with E-state index in [1.807, 2.05) is 35.6 Å². The molecule has 0 aliphatic heterocycles. The molecule has 0 fully saturated rings. The predicted molar refractivity (Wildman–Crippen MR) is 284 cm³/mol. The molecule has 67 heavy (non-hydrogen) atoms. The molecule has 0 amide bonds. The summed E-state index contributed by atoms with van der Waals surface area (Å²) in [6.07, 6.45) is 0. The number of aromatic nitrogens is 2. The molecule has 314 valence electrons. The fourth-order valence-corrected chi connectivity index (χ4v) is 10.4. The summed E-state index contributed by atoms with van der Waals surface area (Å²) in [5.74, 6) is 0.696. The Morgan fingerprint density at radius 3 is 1.33 bits per heavy atom. The van der Waals surface area contributed by atoms with Crippen molar-refractivity contribution >= 4 is 31.5 Å². The summed E-state index contributed by atoms with van der Waals surface area (Å²) in [5, 5.41) is 2.59. The first-order chi connectivity index (χ1) is 33.2. The molecule has 0 atom stereocenters. The van der Waals surface area contributed by atoms with Gasteiger partial charge in [-0.15, -0.1) is 11.3 Å². The SMILES string of the molecule is c1ccc(-c2ccc(-c3cc(-c4cccc(-c5cccc(-c6cc(-c7ccccc7)cc(-c7ccc8sc9ccccc9c8c7)c6-c6ccccc6)c5)c4)nc(-c4ccccc4)n3)cc2)cc1. The molecule has 0 bridgehead atoms. The summed E-state index contributed by atoms with van der Waals surface area (Å²) in [4.78, 5) is 10.3. The molecule has 12 aromatic rings. The highest BCUT2D eigenvalue weighted by atomic mass is 32.1. The molecule has 0 saturated heterocycles. The van der Waals surface area contributed by atoms with Gasteiger partial charge < -0.3 is 0 Å². The zero-order valence-electron chi connectivity index (χ0n) is 36.6. The van der Waals surface area contributed by atoms with Crippen molar-refractivity contribution in [2.45, 2.75) is 0 Å². The van der Waals surface area contributed by atoms with Gasteiger partial charge >= 0.3 is 0 Å². The molecule has 0 spiro atoms. The highest BCUT2D eigenvalue weighted by Gasteiger charge is 2.19. The molecule has 0 saturated carbocycles. The topological polar surface area (TPSA) is 25.8 Å². The van der Waals surface area contributed by atoms with Crippen molar-refractivity contribution in [2.75, 3.05) is 0 Å². The lowest BCUT2D eigenvalue weighted by Crippen LogP contribution is -1.96. The Hall–Kier alpha value is -8.50. The van der Waals surface area contributed by atoms with Crippen LogP contribution in [0.3, 0.4) is 0 Å². The average Bonchev–Trinajstić information content (AvgIpc) is 3.79. The predicted octanol–water partition coefficient (Wildman–Crippen LogP) is 17.8. The third-order valence-corrected chi connectivity index (χ3v) is 13.9. The van der Waals surface area contributed by atoms with E-state index in [1.54, 1.807) is 0 Å². The first-order valence-electron chi connectivity index (χ1n) is 22.7. The van der Waals surface area contributed by atoms with Crippen LogP contribution in [0, 0.1) is 0 Å². The molecule has 10 aromatic carbocycles. The maximum absolute atomic E-state index is 5.21. The number of thiophene rings is 1. The van der Waals surface area contributed by atoms with Crippen LogP contribution in [-0.2, 0) is 0 Å². The van der Waals surface area contributed by atoms with E-state index in [1.165, 1.54) is 70.2 Å². The van der Waals surface area contributed by atoms with Gasteiger partial charge in [-0.05, 0) is 115 Å². The van der Waals surface area contributed by atoms with Crippen molar-refractivity contribution in [1.82, 2.24) is 9.97 Å². The quantitative estimate of drug-likeness (QED) is 0.144. The monoisotopic (exact) mass is 870 g/mol. The summed E-state index contributed by atoms with van der Waals surface area (Å²) >= 11 is 1.86. The molecule has 2 heterocycles. The number of rotatable bonds is 9. The number of nitrogens with zero attached hydrogens (tertiary/aromatic N) is 2. The van der Waals surface area contributed by atoms with Crippen molar-refractivity contribution in [2.24, 2.45) is 0 Å². The number of benzene rings is 10. The Morgan fingerprint density at radius 1 is 0.239 bits per heavy atom. The normalized spacial score (nSPS) is 11.3. The minimum absolute atomic E-state index is 0.696. The summed E-state index contributed by atoms with van der Waals surface area (Å²) in [6.45, 7) is 0. The van der Waals surface area contributed by atoms with E-state index in [0.717, 1.165) is 44.8 Å². The smallest absolute Gasteiger partial charge is 0.160 e. The van der Waals surface area contributed by atoms with Gasteiger partial charge in [-0.1, -0.05) is 206 Å². The van der Waals surface area contributed by atoms with Crippen molar-refractivity contribution in [1.29, 1.82) is 0 Å². The van der Waals surface area contributed by atoms with Gasteiger partial charge in [-0.2, -0.15) is 0 Å². The fourth-order valence-electron chi connectivity index (χ4n) is 9.35. The lowest BCUT2D eigenvalue weighted by atomic mass is 9.84. The van der Waals surface area contributed by atoms with Gasteiger partial charge in [0, 0.05) is 36.9 Å². The molecule has 0 aliphatic carbocycles. The van der Waals surface area contributed by atoms with Crippen molar-refractivity contribution in [3.8, 4) is 101 Å². The molecular weight excluding hydrogens is 829 g/mol. The van der Waals surface area contributed by atoms with Crippen LogP contribution in [0.25, 0.3) is 121 Å². The molecule has 0 aliphatic rings. The minimum atomic E-state index is 0.696. The highest BCUT2D eigenvalue weighted by molar-refractivity contribution is 7.25. The van der Waals surface area contributed by atoms with Crippen LogP contribution in [0.15, 0.2) is 255 Å². The summed E-state index contributed by atoms with van der Waals surface area (Å²) in [5.41, 5.74) is 18.9. The maximum atomic E-state index is 5.21. The summed E-state index contributed by atoms with van der Waals surface area (Å²) < 4.78 is 2.61. The van der Waals surface area contributed by atoms with Gasteiger partial charge in [-0.25, -0.2) is 9.97 Å². The molecule has 0 unspecified atom stereocenters. The van der Waals surface area contributed by atoms with Crippen LogP contribution < -0.4 is 0 Å². The third-order valence-electron chi connectivity index (χ3n) is 12.7. The molecule has 3 heteroatoms. The Morgan fingerprint density at radius 2 is 0.672 bits per heavy atom. The van der Waals surface area contributed by atoms with Gasteiger partial charge in [0.15, 0.2) is 5.82 Å². The van der Waals surface area contributed by atoms with Gasteiger partial charge in [0.2, 0.25) is 0 Å². The van der Waals surface area contributed by atoms with E-state index in [0.29, 0.717) is 5.82 Å². The van der Waals surface area contributed by atoms with Crippen LogP contribution in [-0.4, -0.2) is 9.97 Å². The first kappa shape index (κ1) is 40.0. The second-order valence-electron chi connectivity index (χ2n) is 16.9. The van der Waals surface area contributed by atoms with E-state index in [4.69, 9.17) is 9.97 Å². The van der Waals surface area contributed by atoms with Crippen molar-refractivity contribution in [3.05, 3.63) is 255 Å². The number of hydrogen-bond donors (Lipinski definition) is 0. The third kappa shape index (κ3) is 7.92. The lowest BCUT2D eigenvalue weighted by molar-refractivity contribution is 1.18. The number of fused-ring (bicyclic) bond motifs is 3. The minimum Gasteiger partial charge on any atom is -0.228 e. The Labute approximate surface area is 394 Å². The van der Waals surface area contributed by atoms with E-state index < -0.39 is 0 Å². The fraction of sp³-hybridized carbons (Fsp3) is 0. The summed E-state index contributed by atoms with van der Waals surface area (Å²) in [7, 11) is 0. The molecule has 0 N–H and O–H groups in total. The zero-order chi connectivity index (χ0) is 44.5. The zero-order valence-corrected chi connectivity index (χ0v) is 37.4. The summed E-state index contributed by atoms with van der Waals surface area (Å²) in [6, 6.07) is 91.5. The lowest BCUT2D eigenvalue weighted by Gasteiger charge is -2.20. The largest absolute Gasteiger partial charge is 0.228 e. The highest BCUT2D eigenvalue weighted by Crippen LogP contribution is 2.46. The standard InChI is InChI=1S/C64H42N2S/c1-5-17-43(18-6-1)45-31-33-46(34-32-45)59-42-60(66-64(65-59)48-23-11-4-12-24-48)53-28-16-26-50(38-53)49-25-15-27-51(37-49)56-40-54(44-19-7-2-8-20-44)41-57(63(56)47-21-9-3-10-22-47)52-35-36-62-58(39-52)55-29-13-14-30-61(55)67-62/h1-42H. The van der Waals surface area contributed by atoms with Crippen molar-refractivity contribution < 1.29 is 0 Å². The Kier molecular flexibility index (Phi) is 10.4. The second-order valence-corrected chi connectivity index (χ2v) is 18.0. The van der Waals surface area contributed by atoms with Crippen LogP contribution in [0.5, 0.6) is 0 Å². The Balaban J connectivity index is 0.992. The van der Waals surface area contributed by atoms with Gasteiger partial charge in [0.05, 0.1) is 11.4 Å². The van der Waals surface area contributed by atoms with E-state index in [-0.39, 0.29) is 0 Å². The average molecular weight is 871 g/mol. The van der Waals surface area contributed by atoms with Crippen LogP contribution in [0.2, 0.25) is 0 Å². The molecule has 12 rings (SSSR count). The van der Waals surface area contributed by atoms with Gasteiger partial charge in [0.1, 0.15) is 0 Å². The first-order valence-corrected chi connectivity index (χ1v) is 23.5. The maximum Gasteiger partial charge on any atom is 0.160 e. The number of hydrogen-bond acceptors (Lipinski definition) is 3. The van der Waals surface area contributed by atoms with Crippen LogP contribution in [0.1, 0.15) is 0 Å². The van der Waals surface area contributed by atoms with Gasteiger partial charge in [-0.3, -0.25) is 0 Å². The van der Waals surface area contributed by atoms with E-state index in [2.05, 4.69) is 231 Å². The second kappa shape index (κ2) is 17.5. The molecule has 2 aromatic heterocycles.